The largest absolute Gasteiger partial charge is 0.311 e. The number of benzene rings is 11. The Morgan fingerprint density at radius 1 is 0.329 bits per heavy atom. The first-order chi connectivity index (χ1) is 36.2. The molecule has 14 rings (SSSR count). The lowest BCUT2D eigenvalue weighted by atomic mass is 9.75. The Labute approximate surface area is 427 Å². The normalized spacial score (nSPS) is 13.7. The predicted molar refractivity (Wildman–Crippen MR) is 312 cm³/mol. The summed E-state index contributed by atoms with van der Waals surface area (Å²) < 4.78 is 0. The number of nitrogens with zero attached hydrogens (tertiary/aromatic N) is 1. The van der Waals surface area contributed by atoms with E-state index in [0.717, 1.165) is 42.7 Å². The summed E-state index contributed by atoms with van der Waals surface area (Å²) >= 11 is 0. The van der Waals surface area contributed by atoms with Crippen LogP contribution in [-0.4, -0.2) is 0 Å². The molecule has 0 bridgehead atoms. The third-order valence-corrected chi connectivity index (χ3v) is 15.5. The van der Waals surface area contributed by atoms with E-state index in [2.05, 4.69) is 266 Å². The fourth-order valence-corrected chi connectivity index (χ4v) is 12.1. The Hall–Kier alpha value is -9.04. The van der Waals surface area contributed by atoms with Gasteiger partial charge in [-0.2, -0.15) is 0 Å². The van der Waals surface area contributed by atoms with Crippen LogP contribution in [0.2, 0.25) is 0 Å². The number of fused-ring (bicyclic) bond motifs is 2. The molecule has 0 radical (unpaired) electrons. The molecule has 0 N–H and O–H groups in total. The standard InChI is InChI=1S/C72H51N/c1-5-17-48(18-6-1)55-45-56(49-19-7-2-8-20-49)47-57(46-55)50-29-31-51(32-30-50)61-41-35-53-37-43-67-68(44-38-54-36-42-66(61)70(53)71(54)67)72-64-27-15-13-25-62(64)69(63-26-14-16-28-65(63)72)52-33-39-60(40-34-52)73(58-21-9-3-10-22-58)59-23-11-4-12-24-59/h1,3-7,9-34,36-42,44-47H,2,8,35,43H2. The molecule has 11 aromatic carbocycles. The van der Waals surface area contributed by atoms with Crippen LogP contribution in [0, 0.1) is 0 Å². The molecule has 0 aliphatic heterocycles. The Kier molecular flexibility index (Phi) is 10.5. The van der Waals surface area contributed by atoms with Crippen LogP contribution >= 0.6 is 0 Å². The summed E-state index contributed by atoms with van der Waals surface area (Å²) in [6.45, 7) is 0. The Morgan fingerprint density at radius 3 is 1.47 bits per heavy atom. The zero-order valence-corrected chi connectivity index (χ0v) is 40.6. The number of hydrogen-bond donors (Lipinski definition) is 0. The van der Waals surface area contributed by atoms with Gasteiger partial charge < -0.3 is 4.90 Å². The Bertz CT molecular complexity index is 3980. The van der Waals surface area contributed by atoms with Crippen LogP contribution in [0.5, 0.6) is 0 Å². The molecule has 0 amide bonds. The second-order valence-electron chi connectivity index (χ2n) is 19.7. The maximum absolute atomic E-state index is 2.52. The zero-order valence-electron chi connectivity index (χ0n) is 40.6. The van der Waals surface area contributed by atoms with E-state index in [1.54, 1.807) is 0 Å². The van der Waals surface area contributed by atoms with Crippen LogP contribution in [0.15, 0.2) is 261 Å². The molecule has 1 nitrogen and oxygen atoms in total. The molecule has 0 heterocycles. The molecule has 344 valence electrons. The van der Waals surface area contributed by atoms with Gasteiger partial charge in [-0.3, -0.25) is 0 Å². The number of para-hydroxylation sites is 2. The average Bonchev–Trinajstić information content (AvgIpc) is 3.47. The second-order valence-corrected chi connectivity index (χ2v) is 19.7. The molecule has 0 atom stereocenters. The number of anilines is 3. The molecule has 0 aromatic heterocycles. The van der Waals surface area contributed by atoms with E-state index in [1.165, 1.54) is 121 Å². The minimum absolute atomic E-state index is 0.901. The van der Waals surface area contributed by atoms with Gasteiger partial charge in [0.05, 0.1) is 0 Å². The summed E-state index contributed by atoms with van der Waals surface area (Å²) in [6, 6.07) is 85.4. The lowest BCUT2D eigenvalue weighted by Gasteiger charge is -2.29. The van der Waals surface area contributed by atoms with Crippen LogP contribution in [-0.2, 0) is 6.42 Å². The van der Waals surface area contributed by atoms with Gasteiger partial charge in [0, 0.05) is 17.1 Å². The van der Waals surface area contributed by atoms with Gasteiger partial charge in [0.2, 0.25) is 0 Å². The number of allylic oxidation sites excluding steroid dienone is 7. The van der Waals surface area contributed by atoms with E-state index in [-0.39, 0.29) is 0 Å². The second kappa shape index (κ2) is 18.0. The maximum atomic E-state index is 2.52. The van der Waals surface area contributed by atoms with E-state index in [0.29, 0.717) is 0 Å². The van der Waals surface area contributed by atoms with E-state index in [9.17, 15) is 0 Å². The van der Waals surface area contributed by atoms with Crippen molar-refractivity contribution in [1.29, 1.82) is 0 Å². The van der Waals surface area contributed by atoms with Crippen molar-refractivity contribution in [2.45, 2.75) is 25.7 Å². The fraction of sp³-hybridized carbons (Fsp3) is 0.0556. The monoisotopic (exact) mass is 929 g/mol. The van der Waals surface area contributed by atoms with Crippen molar-refractivity contribution in [1.82, 2.24) is 0 Å². The molecule has 0 saturated heterocycles. The molecular formula is C72H51N. The molecule has 0 unspecified atom stereocenters. The van der Waals surface area contributed by atoms with E-state index < -0.39 is 0 Å². The van der Waals surface area contributed by atoms with Gasteiger partial charge in [-0.05, 0) is 202 Å². The third-order valence-electron chi connectivity index (χ3n) is 15.5. The molecule has 3 aliphatic rings. The quantitative estimate of drug-likeness (QED) is 0.130. The highest BCUT2D eigenvalue weighted by atomic mass is 15.1. The summed E-state index contributed by atoms with van der Waals surface area (Å²) in [6.07, 6.45) is 16.0. The number of rotatable bonds is 9. The molecule has 1 heteroatoms. The minimum atomic E-state index is 0.901. The SMILES string of the molecule is C1=CC(c2cc(-c3ccccc3)cc(-c3ccc(C4=CCC5=CCc6c(-c7c8ccccc8c(-c8ccc(N(c9ccccc9)c9ccccc9)cc8)c8ccccc78)ccc7ccc4c5c67)cc3)c2)=CCC1. The van der Waals surface area contributed by atoms with Crippen molar-refractivity contribution in [3.05, 3.63) is 289 Å². The summed E-state index contributed by atoms with van der Waals surface area (Å²) in [7, 11) is 0. The van der Waals surface area contributed by atoms with Crippen molar-refractivity contribution in [3.8, 4) is 44.5 Å². The van der Waals surface area contributed by atoms with Crippen LogP contribution in [0.1, 0.15) is 47.1 Å². The van der Waals surface area contributed by atoms with Crippen molar-refractivity contribution in [2.24, 2.45) is 0 Å². The van der Waals surface area contributed by atoms with Gasteiger partial charge >= 0.3 is 0 Å². The summed E-state index contributed by atoms with van der Waals surface area (Å²) in [5, 5.41) is 7.80. The summed E-state index contributed by atoms with van der Waals surface area (Å²) in [5.74, 6) is 0. The lowest BCUT2D eigenvalue weighted by Crippen LogP contribution is -2.09. The topological polar surface area (TPSA) is 3.24 Å². The highest BCUT2D eigenvalue weighted by Gasteiger charge is 2.27. The van der Waals surface area contributed by atoms with Crippen molar-refractivity contribution < 1.29 is 0 Å². The third kappa shape index (κ3) is 7.47. The molecular weight excluding hydrogens is 879 g/mol. The highest BCUT2D eigenvalue weighted by molar-refractivity contribution is 6.23. The summed E-state index contributed by atoms with van der Waals surface area (Å²) in [5.41, 5.74) is 24.2. The average molecular weight is 930 g/mol. The van der Waals surface area contributed by atoms with Gasteiger partial charge in [-0.15, -0.1) is 0 Å². The van der Waals surface area contributed by atoms with Crippen LogP contribution in [0.3, 0.4) is 0 Å². The first-order valence-electron chi connectivity index (χ1n) is 25.8. The Balaban J connectivity index is 0.861. The molecule has 11 aromatic rings. The first-order valence-corrected chi connectivity index (χ1v) is 25.8. The van der Waals surface area contributed by atoms with Gasteiger partial charge in [-0.25, -0.2) is 0 Å². The zero-order chi connectivity index (χ0) is 48.2. The van der Waals surface area contributed by atoms with Crippen molar-refractivity contribution in [3.63, 3.8) is 0 Å². The van der Waals surface area contributed by atoms with E-state index >= 15 is 0 Å². The lowest BCUT2D eigenvalue weighted by molar-refractivity contribution is 1.04. The van der Waals surface area contributed by atoms with Crippen LogP contribution < -0.4 is 4.90 Å². The van der Waals surface area contributed by atoms with Gasteiger partial charge in [0.15, 0.2) is 0 Å². The van der Waals surface area contributed by atoms with Crippen molar-refractivity contribution in [2.75, 3.05) is 4.90 Å². The molecule has 73 heavy (non-hydrogen) atoms. The molecule has 0 fully saturated rings. The van der Waals surface area contributed by atoms with Crippen LogP contribution in [0.4, 0.5) is 17.1 Å². The van der Waals surface area contributed by atoms with Gasteiger partial charge in [0.1, 0.15) is 0 Å². The van der Waals surface area contributed by atoms with E-state index in [1.807, 2.05) is 0 Å². The van der Waals surface area contributed by atoms with Crippen LogP contribution in [0.25, 0.3) is 93.5 Å². The molecule has 0 spiro atoms. The predicted octanol–water partition coefficient (Wildman–Crippen LogP) is 19.8. The summed E-state index contributed by atoms with van der Waals surface area (Å²) in [4.78, 5) is 2.33. The highest BCUT2D eigenvalue weighted by Crippen LogP contribution is 2.51. The Morgan fingerprint density at radius 2 is 0.849 bits per heavy atom. The van der Waals surface area contributed by atoms with Crippen molar-refractivity contribution >= 4 is 66.1 Å². The number of hydrogen-bond acceptors (Lipinski definition) is 1. The minimum Gasteiger partial charge on any atom is -0.311 e. The fourth-order valence-electron chi connectivity index (χ4n) is 12.1. The first kappa shape index (κ1) is 42.8. The van der Waals surface area contributed by atoms with Gasteiger partial charge in [0.25, 0.3) is 0 Å². The van der Waals surface area contributed by atoms with E-state index in [4.69, 9.17) is 0 Å². The molecule has 3 aliphatic carbocycles. The molecule has 0 saturated carbocycles. The smallest absolute Gasteiger partial charge is 0.0462 e. The maximum Gasteiger partial charge on any atom is 0.0462 e. The van der Waals surface area contributed by atoms with Gasteiger partial charge in [-0.1, -0.05) is 206 Å².